The standard InChI is InChI=1S/C11H15N3O3/c1-17-10-6-9(12-7-13-10)14(8-2-3-8)5-4-11(15)16/h6-8H,2-5H2,1H3,(H,15,16). The van der Waals surface area contributed by atoms with Crippen LogP contribution >= 0.6 is 0 Å². The van der Waals surface area contributed by atoms with Crippen LogP contribution in [-0.4, -0.2) is 40.7 Å². The Balaban J connectivity index is 2.10. The monoisotopic (exact) mass is 237 g/mol. The van der Waals surface area contributed by atoms with E-state index in [9.17, 15) is 4.79 Å². The van der Waals surface area contributed by atoms with E-state index in [0.29, 0.717) is 18.5 Å². The third-order valence-corrected chi connectivity index (χ3v) is 2.69. The van der Waals surface area contributed by atoms with Gasteiger partial charge in [0.1, 0.15) is 12.1 Å². The van der Waals surface area contributed by atoms with Crippen molar-refractivity contribution in [2.45, 2.75) is 25.3 Å². The lowest BCUT2D eigenvalue weighted by atomic mass is 10.3. The van der Waals surface area contributed by atoms with Crippen molar-refractivity contribution >= 4 is 11.8 Å². The van der Waals surface area contributed by atoms with Crippen LogP contribution in [0.15, 0.2) is 12.4 Å². The number of aliphatic carboxylic acids is 1. The number of methoxy groups -OCH3 is 1. The van der Waals surface area contributed by atoms with Crippen molar-refractivity contribution in [3.8, 4) is 5.88 Å². The van der Waals surface area contributed by atoms with Crippen LogP contribution in [0.4, 0.5) is 5.82 Å². The molecule has 0 spiro atoms. The van der Waals surface area contributed by atoms with E-state index in [1.807, 2.05) is 4.90 Å². The molecule has 0 bridgehead atoms. The van der Waals surface area contributed by atoms with Gasteiger partial charge in [0.2, 0.25) is 5.88 Å². The molecule has 0 radical (unpaired) electrons. The number of hydrogen-bond donors (Lipinski definition) is 1. The first-order chi connectivity index (χ1) is 8.20. The van der Waals surface area contributed by atoms with E-state index in [4.69, 9.17) is 9.84 Å². The van der Waals surface area contributed by atoms with Crippen molar-refractivity contribution < 1.29 is 14.6 Å². The summed E-state index contributed by atoms with van der Waals surface area (Å²) in [6.45, 7) is 0.472. The summed E-state index contributed by atoms with van der Waals surface area (Å²) in [7, 11) is 1.55. The molecule has 1 fully saturated rings. The molecule has 1 aliphatic rings. The van der Waals surface area contributed by atoms with Gasteiger partial charge in [0.15, 0.2) is 0 Å². The number of aromatic nitrogens is 2. The molecule has 0 aliphatic heterocycles. The number of carbonyl (C=O) groups is 1. The summed E-state index contributed by atoms with van der Waals surface area (Å²) in [4.78, 5) is 20.7. The Morgan fingerprint density at radius 3 is 2.94 bits per heavy atom. The van der Waals surface area contributed by atoms with Crippen LogP contribution < -0.4 is 9.64 Å². The molecule has 17 heavy (non-hydrogen) atoms. The molecule has 1 saturated carbocycles. The molecule has 0 unspecified atom stereocenters. The average Bonchev–Trinajstić information content (AvgIpc) is 3.14. The normalized spacial score (nSPS) is 14.4. The Morgan fingerprint density at radius 2 is 2.35 bits per heavy atom. The van der Waals surface area contributed by atoms with E-state index in [-0.39, 0.29) is 6.42 Å². The lowest BCUT2D eigenvalue weighted by molar-refractivity contribution is -0.136. The molecule has 1 aromatic heterocycles. The first-order valence-electron chi connectivity index (χ1n) is 5.55. The molecule has 1 aliphatic carbocycles. The molecule has 0 amide bonds. The highest BCUT2D eigenvalue weighted by Gasteiger charge is 2.30. The molecule has 1 N–H and O–H groups in total. The fourth-order valence-electron chi connectivity index (χ4n) is 1.69. The van der Waals surface area contributed by atoms with Crippen LogP contribution in [0, 0.1) is 0 Å². The van der Waals surface area contributed by atoms with E-state index >= 15 is 0 Å². The van der Waals surface area contributed by atoms with Gasteiger partial charge in [-0.2, -0.15) is 0 Å². The van der Waals surface area contributed by atoms with Gasteiger partial charge in [0, 0.05) is 18.7 Å². The number of rotatable bonds is 6. The number of nitrogens with zero attached hydrogens (tertiary/aromatic N) is 3. The fourth-order valence-corrected chi connectivity index (χ4v) is 1.69. The first kappa shape index (κ1) is 11.6. The number of ether oxygens (including phenoxy) is 1. The smallest absolute Gasteiger partial charge is 0.305 e. The topological polar surface area (TPSA) is 75.5 Å². The van der Waals surface area contributed by atoms with Crippen molar-refractivity contribution in [3.63, 3.8) is 0 Å². The van der Waals surface area contributed by atoms with E-state index < -0.39 is 5.97 Å². The lowest BCUT2D eigenvalue weighted by Gasteiger charge is -2.22. The minimum Gasteiger partial charge on any atom is -0.481 e. The van der Waals surface area contributed by atoms with Gasteiger partial charge in [-0.3, -0.25) is 4.79 Å². The van der Waals surface area contributed by atoms with Crippen molar-refractivity contribution in [1.29, 1.82) is 0 Å². The Morgan fingerprint density at radius 1 is 1.59 bits per heavy atom. The average molecular weight is 237 g/mol. The van der Waals surface area contributed by atoms with E-state index in [1.54, 1.807) is 13.2 Å². The van der Waals surface area contributed by atoms with Crippen molar-refractivity contribution in [2.24, 2.45) is 0 Å². The molecular weight excluding hydrogens is 222 g/mol. The van der Waals surface area contributed by atoms with Crippen molar-refractivity contribution in [2.75, 3.05) is 18.6 Å². The minimum atomic E-state index is -0.795. The van der Waals surface area contributed by atoms with Gasteiger partial charge in [-0.1, -0.05) is 0 Å². The van der Waals surface area contributed by atoms with Gasteiger partial charge in [0.05, 0.1) is 13.5 Å². The number of carboxylic acid groups (broad SMARTS) is 1. The van der Waals surface area contributed by atoms with E-state index in [1.165, 1.54) is 6.33 Å². The maximum atomic E-state index is 10.6. The quantitative estimate of drug-likeness (QED) is 0.793. The van der Waals surface area contributed by atoms with Gasteiger partial charge in [-0.05, 0) is 12.8 Å². The SMILES string of the molecule is COc1cc(N(CCC(=O)O)C2CC2)ncn1. The molecule has 2 rings (SSSR count). The first-order valence-corrected chi connectivity index (χ1v) is 5.55. The number of hydrogen-bond acceptors (Lipinski definition) is 5. The number of carboxylic acids is 1. The van der Waals surface area contributed by atoms with Crippen molar-refractivity contribution in [3.05, 3.63) is 12.4 Å². The van der Waals surface area contributed by atoms with E-state index in [2.05, 4.69) is 9.97 Å². The molecule has 92 valence electrons. The summed E-state index contributed by atoms with van der Waals surface area (Å²) in [6, 6.07) is 2.15. The molecule has 0 saturated heterocycles. The Labute approximate surface area is 99.2 Å². The van der Waals surface area contributed by atoms with Crippen LogP contribution in [-0.2, 0) is 4.79 Å². The molecule has 6 nitrogen and oxygen atoms in total. The van der Waals surface area contributed by atoms with Gasteiger partial charge in [-0.15, -0.1) is 0 Å². The molecule has 0 aromatic carbocycles. The maximum absolute atomic E-state index is 10.6. The summed E-state index contributed by atoms with van der Waals surface area (Å²) in [6.07, 6.45) is 3.73. The molecule has 1 heterocycles. The highest BCUT2D eigenvalue weighted by molar-refractivity contribution is 5.67. The predicted molar refractivity (Wildman–Crippen MR) is 61.2 cm³/mol. The van der Waals surface area contributed by atoms with Gasteiger partial charge in [-0.25, -0.2) is 9.97 Å². The zero-order chi connectivity index (χ0) is 12.3. The Bertz CT molecular complexity index is 407. The Kier molecular flexibility index (Phi) is 3.41. The summed E-state index contributed by atoms with van der Waals surface area (Å²) < 4.78 is 5.04. The molecule has 6 heteroatoms. The second-order valence-corrected chi connectivity index (χ2v) is 3.99. The summed E-state index contributed by atoms with van der Waals surface area (Å²) >= 11 is 0. The molecule has 0 atom stereocenters. The highest BCUT2D eigenvalue weighted by atomic mass is 16.5. The van der Waals surface area contributed by atoms with Crippen molar-refractivity contribution in [1.82, 2.24) is 9.97 Å². The predicted octanol–water partition coefficient (Wildman–Crippen LogP) is 0.929. The van der Waals surface area contributed by atoms with Crippen LogP contribution in [0.1, 0.15) is 19.3 Å². The number of anilines is 1. The maximum Gasteiger partial charge on any atom is 0.305 e. The molecule has 1 aromatic rings. The van der Waals surface area contributed by atoms with E-state index in [0.717, 1.165) is 18.7 Å². The van der Waals surface area contributed by atoms with Crippen LogP contribution in [0.3, 0.4) is 0 Å². The summed E-state index contributed by atoms with van der Waals surface area (Å²) in [5, 5.41) is 8.73. The molecular formula is C11H15N3O3. The second-order valence-electron chi connectivity index (χ2n) is 3.99. The van der Waals surface area contributed by atoms with Crippen LogP contribution in [0.5, 0.6) is 5.88 Å². The summed E-state index contributed by atoms with van der Waals surface area (Å²) in [5.41, 5.74) is 0. The fraction of sp³-hybridized carbons (Fsp3) is 0.545. The Hall–Kier alpha value is -1.85. The summed E-state index contributed by atoms with van der Waals surface area (Å²) in [5.74, 6) is 0.438. The lowest BCUT2D eigenvalue weighted by Crippen LogP contribution is -2.29. The second kappa shape index (κ2) is 4.99. The van der Waals surface area contributed by atoms with Gasteiger partial charge >= 0.3 is 5.97 Å². The van der Waals surface area contributed by atoms with Crippen LogP contribution in [0.2, 0.25) is 0 Å². The van der Waals surface area contributed by atoms with Crippen LogP contribution in [0.25, 0.3) is 0 Å². The minimum absolute atomic E-state index is 0.114. The highest BCUT2D eigenvalue weighted by Crippen LogP contribution is 2.31. The van der Waals surface area contributed by atoms with Gasteiger partial charge < -0.3 is 14.7 Å². The third-order valence-electron chi connectivity index (χ3n) is 2.69. The third kappa shape index (κ3) is 3.05. The zero-order valence-electron chi connectivity index (χ0n) is 9.67. The van der Waals surface area contributed by atoms with Gasteiger partial charge in [0.25, 0.3) is 0 Å². The largest absolute Gasteiger partial charge is 0.481 e. The zero-order valence-corrected chi connectivity index (χ0v) is 9.67.